The number of halogens is 1. The normalized spacial score (nSPS) is 9.18. The van der Waals surface area contributed by atoms with Gasteiger partial charge in [-0.15, -0.1) is 4.94 Å². The van der Waals surface area contributed by atoms with Crippen molar-refractivity contribution in [3.05, 3.63) is 30.1 Å². The zero-order chi connectivity index (χ0) is 8.10. The minimum atomic E-state index is -0.289. The Kier molecular flexibility index (Phi) is 2.83. The number of hydrogen-bond acceptors (Lipinski definition) is 3. The molecule has 0 unspecified atom stereocenters. The van der Waals surface area contributed by atoms with Crippen molar-refractivity contribution in [2.45, 2.75) is 0 Å². The van der Waals surface area contributed by atoms with Gasteiger partial charge in [-0.05, 0) is 23.9 Å². The van der Waals surface area contributed by atoms with Crippen LogP contribution in [0.15, 0.2) is 24.5 Å². The summed E-state index contributed by atoms with van der Waals surface area (Å²) in [6.45, 7) is 0. The molecule has 0 spiro atoms. The fourth-order valence-electron chi connectivity index (χ4n) is 0.618. The molecular formula is C6H6ClN3O. The molecule has 0 radical (unpaired) electrons. The van der Waals surface area contributed by atoms with Gasteiger partial charge in [0, 0.05) is 18.0 Å². The Balaban J connectivity index is 2.69. The highest BCUT2D eigenvalue weighted by Gasteiger charge is 2.01. The summed E-state index contributed by atoms with van der Waals surface area (Å²) >= 11 is 5.05. The van der Waals surface area contributed by atoms with Crippen molar-refractivity contribution in [2.75, 3.05) is 0 Å². The molecule has 1 aromatic rings. The van der Waals surface area contributed by atoms with E-state index in [1.807, 2.05) is 4.94 Å². The second kappa shape index (κ2) is 3.90. The number of hydrogen-bond donors (Lipinski definition) is 2. The lowest BCUT2D eigenvalue weighted by atomic mass is 10.3. The zero-order valence-electron chi connectivity index (χ0n) is 5.54. The summed E-state index contributed by atoms with van der Waals surface area (Å²) in [5, 5.41) is 0. The molecule has 2 N–H and O–H groups in total. The number of carbonyl (C=O) groups excluding carboxylic acids is 1. The van der Waals surface area contributed by atoms with E-state index in [1.54, 1.807) is 12.1 Å². The Bertz CT molecular complexity index is 239. The summed E-state index contributed by atoms with van der Waals surface area (Å²) < 4.78 is 0. The number of hydrazine groups is 1. The van der Waals surface area contributed by atoms with Gasteiger partial charge in [0.25, 0.3) is 5.91 Å². The predicted molar refractivity (Wildman–Crippen MR) is 40.7 cm³/mol. The molecule has 0 saturated carbocycles. The summed E-state index contributed by atoms with van der Waals surface area (Å²) in [5.74, 6) is -0.289. The Labute approximate surface area is 68.7 Å². The molecule has 11 heavy (non-hydrogen) atoms. The van der Waals surface area contributed by atoms with E-state index in [0.717, 1.165) is 0 Å². The zero-order valence-corrected chi connectivity index (χ0v) is 6.30. The van der Waals surface area contributed by atoms with Gasteiger partial charge in [-0.3, -0.25) is 15.2 Å². The maximum atomic E-state index is 11.0. The third-order valence-corrected chi connectivity index (χ3v) is 1.20. The number of aromatic nitrogens is 1. The van der Waals surface area contributed by atoms with Crippen molar-refractivity contribution in [1.82, 2.24) is 15.4 Å². The maximum absolute atomic E-state index is 11.0. The number of pyridine rings is 1. The minimum Gasteiger partial charge on any atom is -0.273 e. The summed E-state index contributed by atoms with van der Waals surface area (Å²) in [5.41, 5.74) is 2.72. The Morgan fingerprint density at radius 2 is 2.09 bits per heavy atom. The van der Waals surface area contributed by atoms with E-state index in [-0.39, 0.29) is 5.91 Å². The van der Waals surface area contributed by atoms with Crippen LogP contribution in [0.5, 0.6) is 0 Å². The van der Waals surface area contributed by atoms with Gasteiger partial charge in [-0.2, -0.15) is 0 Å². The lowest BCUT2D eigenvalue weighted by Crippen LogP contribution is -2.30. The highest BCUT2D eigenvalue weighted by molar-refractivity contribution is 6.14. The van der Waals surface area contributed by atoms with E-state index in [2.05, 4.69) is 10.4 Å². The third kappa shape index (κ3) is 2.18. The quantitative estimate of drug-likeness (QED) is 0.503. The molecule has 1 rings (SSSR count). The smallest absolute Gasteiger partial charge is 0.266 e. The first-order valence-electron chi connectivity index (χ1n) is 2.90. The lowest BCUT2D eigenvalue weighted by Gasteiger charge is -1.98. The Morgan fingerprint density at radius 1 is 1.45 bits per heavy atom. The summed E-state index contributed by atoms with van der Waals surface area (Å²) in [7, 11) is 0. The second-order valence-corrected chi connectivity index (χ2v) is 1.97. The van der Waals surface area contributed by atoms with E-state index in [9.17, 15) is 4.79 Å². The van der Waals surface area contributed by atoms with Gasteiger partial charge in [0.2, 0.25) is 0 Å². The fraction of sp³-hybridized carbons (Fsp3) is 0. The van der Waals surface area contributed by atoms with Crippen LogP contribution in [0.4, 0.5) is 0 Å². The van der Waals surface area contributed by atoms with E-state index in [1.165, 1.54) is 12.4 Å². The second-order valence-electron chi connectivity index (χ2n) is 1.78. The van der Waals surface area contributed by atoms with Crippen LogP contribution in [0.25, 0.3) is 0 Å². The molecule has 1 aromatic heterocycles. The molecule has 0 aliphatic carbocycles. The van der Waals surface area contributed by atoms with Crippen LogP contribution in [0.3, 0.4) is 0 Å². The molecule has 0 atom stereocenters. The highest BCUT2D eigenvalue weighted by atomic mass is 35.5. The molecule has 1 heterocycles. The van der Waals surface area contributed by atoms with Crippen LogP contribution < -0.4 is 10.4 Å². The van der Waals surface area contributed by atoms with Crippen molar-refractivity contribution in [2.24, 2.45) is 0 Å². The fourth-order valence-corrected chi connectivity index (χ4v) is 0.704. The van der Waals surface area contributed by atoms with Crippen molar-refractivity contribution in [1.29, 1.82) is 0 Å². The molecule has 0 bridgehead atoms. The van der Waals surface area contributed by atoms with Crippen LogP contribution in [0.2, 0.25) is 0 Å². The van der Waals surface area contributed by atoms with Crippen LogP contribution in [-0.4, -0.2) is 10.9 Å². The van der Waals surface area contributed by atoms with Gasteiger partial charge in [0.05, 0.1) is 0 Å². The van der Waals surface area contributed by atoms with Crippen molar-refractivity contribution in [3.8, 4) is 0 Å². The van der Waals surface area contributed by atoms with Gasteiger partial charge in [-0.25, -0.2) is 0 Å². The van der Waals surface area contributed by atoms with Gasteiger partial charge in [0.15, 0.2) is 0 Å². The van der Waals surface area contributed by atoms with Crippen molar-refractivity contribution < 1.29 is 4.79 Å². The van der Waals surface area contributed by atoms with Crippen molar-refractivity contribution in [3.63, 3.8) is 0 Å². The highest BCUT2D eigenvalue weighted by Crippen LogP contribution is 1.93. The van der Waals surface area contributed by atoms with Crippen molar-refractivity contribution >= 4 is 17.7 Å². The van der Waals surface area contributed by atoms with Crippen LogP contribution >= 0.6 is 11.8 Å². The van der Waals surface area contributed by atoms with Gasteiger partial charge < -0.3 is 0 Å². The summed E-state index contributed by atoms with van der Waals surface area (Å²) in [6.07, 6.45) is 3.06. The molecule has 4 nitrogen and oxygen atoms in total. The number of nitrogens with one attached hydrogen (secondary N) is 2. The number of amides is 1. The molecule has 0 aliphatic heterocycles. The molecule has 58 valence electrons. The molecular weight excluding hydrogens is 166 g/mol. The van der Waals surface area contributed by atoms with Crippen LogP contribution in [-0.2, 0) is 0 Å². The molecule has 5 heteroatoms. The number of nitrogens with zero attached hydrogens (tertiary/aromatic N) is 1. The monoisotopic (exact) mass is 171 g/mol. The van der Waals surface area contributed by atoms with Gasteiger partial charge >= 0.3 is 0 Å². The first-order chi connectivity index (χ1) is 5.34. The molecule has 0 aliphatic rings. The molecule has 0 saturated heterocycles. The molecule has 0 aromatic carbocycles. The van der Waals surface area contributed by atoms with Crippen LogP contribution in [0, 0.1) is 0 Å². The lowest BCUT2D eigenvalue weighted by molar-refractivity contribution is 0.0946. The van der Waals surface area contributed by atoms with E-state index >= 15 is 0 Å². The number of rotatable bonds is 2. The molecule has 1 amide bonds. The Hall–Kier alpha value is -1.13. The topological polar surface area (TPSA) is 54.0 Å². The van der Waals surface area contributed by atoms with Gasteiger partial charge in [0.1, 0.15) is 0 Å². The molecule has 0 fully saturated rings. The van der Waals surface area contributed by atoms with E-state index < -0.39 is 0 Å². The minimum absolute atomic E-state index is 0.289. The SMILES string of the molecule is O=C(NNCl)c1ccncc1. The summed E-state index contributed by atoms with van der Waals surface area (Å²) in [4.78, 5) is 16.7. The standard InChI is InChI=1S/C6H6ClN3O/c7-10-9-6(11)5-1-3-8-4-2-5/h1-4,10H,(H,9,11). The largest absolute Gasteiger partial charge is 0.273 e. The third-order valence-electron chi connectivity index (χ3n) is 1.10. The first-order valence-corrected chi connectivity index (χ1v) is 3.28. The summed E-state index contributed by atoms with van der Waals surface area (Å²) in [6, 6.07) is 3.17. The van der Waals surface area contributed by atoms with E-state index in [4.69, 9.17) is 11.8 Å². The average molecular weight is 172 g/mol. The van der Waals surface area contributed by atoms with Gasteiger partial charge in [-0.1, -0.05) is 0 Å². The predicted octanol–water partition coefficient (Wildman–Crippen LogP) is 0.470. The van der Waals surface area contributed by atoms with Crippen LogP contribution in [0.1, 0.15) is 10.4 Å². The van der Waals surface area contributed by atoms with E-state index in [0.29, 0.717) is 5.56 Å². The average Bonchev–Trinajstić information content (AvgIpc) is 2.07. The Morgan fingerprint density at radius 3 is 2.64 bits per heavy atom. The maximum Gasteiger partial charge on any atom is 0.266 e. The first kappa shape index (κ1) is 7.97. The number of carbonyl (C=O) groups is 1.